The van der Waals surface area contributed by atoms with E-state index in [4.69, 9.17) is 8.83 Å². The molecule has 2 aromatic heterocycles. The summed E-state index contributed by atoms with van der Waals surface area (Å²) in [4.78, 5) is 16.3. The molecule has 108 valence electrons. The van der Waals surface area contributed by atoms with Crippen LogP contribution in [0.4, 0.5) is 4.39 Å². The fourth-order valence-electron chi connectivity index (χ4n) is 2.26. The molecule has 4 aromatic rings. The number of fused-ring (bicyclic) bond motifs is 2. The Morgan fingerprint density at radius 2 is 1.86 bits per heavy atom. The molecule has 5 nitrogen and oxygen atoms in total. The van der Waals surface area contributed by atoms with Crippen LogP contribution in [-0.2, 0) is 0 Å². The van der Waals surface area contributed by atoms with Gasteiger partial charge in [0.05, 0.1) is 0 Å². The first-order valence-electron chi connectivity index (χ1n) is 6.44. The van der Waals surface area contributed by atoms with Crippen molar-refractivity contribution in [2.75, 3.05) is 0 Å². The van der Waals surface area contributed by atoms with Crippen LogP contribution in [0.3, 0.4) is 0 Å². The summed E-state index contributed by atoms with van der Waals surface area (Å²) in [6, 6.07) is 10.6. The summed E-state index contributed by atoms with van der Waals surface area (Å²) in [5.41, 5.74) is 0.644. The van der Waals surface area contributed by atoms with E-state index in [9.17, 15) is 14.3 Å². The zero-order chi connectivity index (χ0) is 15.3. The van der Waals surface area contributed by atoms with E-state index >= 15 is 0 Å². The van der Waals surface area contributed by atoms with Crippen LogP contribution in [0.1, 0.15) is 0 Å². The minimum atomic E-state index is -0.801. The molecule has 0 saturated carbocycles. The smallest absolute Gasteiger partial charge is 0.349 e. The summed E-state index contributed by atoms with van der Waals surface area (Å²) in [7, 11) is 0. The summed E-state index contributed by atoms with van der Waals surface area (Å²) < 4.78 is 24.1. The standard InChI is InChI=1S/C16H8FNO4/c17-10-6-8-5-9(16(20)22-14(8)7-12(10)19)15-18-11-3-1-2-4-13(11)21-15/h1-7,19H. The lowest BCUT2D eigenvalue weighted by Gasteiger charge is -2.01. The topological polar surface area (TPSA) is 76.5 Å². The SMILES string of the molecule is O=c1oc2cc(O)c(F)cc2cc1-c1nc2ccccc2o1. The summed E-state index contributed by atoms with van der Waals surface area (Å²) >= 11 is 0. The van der Waals surface area contributed by atoms with E-state index in [0.29, 0.717) is 16.5 Å². The van der Waals surface area contributed by atoms with Crippen LogP contribution in [0, 0.1) is 5.82 Å². The highest BCUT2D eigenvalue weighted by Crippen LogP contribution is 2.27. The number of aromatic nitrogens is 1. The van der Waals surface area contributed by atoms with Crippen LogP contribution < -0.4 is 5.63 Å². The van der Waals surface area contributed by atoms with Crippen LogP contribution in [-0.4, -0.2) is 10.1 Å². The van der Waals surface area contributed by atoms with Gasteiger partial charge in [0.25, 0.3) is 0 Å². The van der Waals surface area contributed by atoms with Crippen molar-refractivity contribution in [3.63, 3.8) is 0 Å². The van der Waals surface area contributed by atoms with E-state index in [2.05, 4.69) is 4.98 Å². The molecule has 0 radical (unpaired) electrons. The fourth-order valence-corrected chi connectivity index (χ4v) is 2.26. The lowest BCUT2D eigenvalue weighted by molar-refractivity contribution is 0.431. The van der Waals surface area contributed by atoms with Crippen molar-refractivity contribution < 1.29 is 18.3 Å². The molecule has 0 saturated heterocycles. The zero-order valence-electron chi connectivity index (χ0n) is 11.0. The van der Waals surface area contributed by atoms with Gasteiger partial charge < -0.3 is 13.9 Å². The quantitative estimate of drug-likeness (QED) is 0.544. The molecule has 0 aliphatic carbocycles. The van der Waals surface area contributed by atoms with Crippen molar-refractivity contribution in [1.29, 1.82) is 0 Å². The number of phenols is 1. The van der Waals surface area contributed by atoms with Gasteiger partial charge >= 0.3 is 5.63 Å². The van der Waals surface area contributed by atoms with Gasteiger partial charge in [-0.25, -0.2) is 14.2 Å². The molecule has 2 heterocycles. The van der Waals surface area contributed by atoms with E-state index in [1.54, 1.807) is 24.3 Å². The van der Waals surface area contributed by atoms with Crippen LogP contribution >= 0.6 is 0 Å². The first kappa shape index (κ1) is 12.6. The van der Waals surface area contributed by atoms with Gasteiger partial charge in [-0.05, 0) is 24.3 Å². The molecule has 0 spiro atoms. The van der Waals surface area contributed by atoms with Crippen LogP contribution in [0.25, 0.3) is 33.5 Å². The Bertz CT molecular complexity index is 1050. The van der Waals surface area contributed by atoms with Crippen LogP contribution in [0.15, 0.2) is 56.1 Å². The lowest BCUT2D eigenvalue weighted by Crippen LogP contribution is -2.02. The lowest BCUT2D eigenvalue weighted by atomic mass is 10.1. The van der Waals surface area contributed by atoms with Crippen LogP contribution in [0.5, 0.6) is 5.75 Å². The van der Waals surface area contributed by atoms with Gasteiger partial charge in [-0.3, -0.25) is 0 Å². The highest BCUT2D eigenvalue weighted by molar-refractivity contribution is 5.83. The number of hydrogen-bond acceptors (Lipinski definition) is 5. The molecule has 6 heteroatoms. The first-order valence-corrected chi connectivity index (χ1v) is 6.44. The molecule has 0 unspecified atom stereocenters. The average molecular weight is 297 g/mol. The minimum absolute atomic E-state index is 0.0868. The molecular weight excluding hydrogens is 289 g/mol. The van der Waals surface area contributed by atoms with E-state index in [1.165, 1.54) is 6.07 Å². The number of benzene rings is 2. The molecular formula is C16H8FNO4. The molecule has 4 rings (SSSR count). The predicted octanol–water partition coefficient (Wildman–Crippen LogP) is 3.45. The Morgan fingerprint density at radius 3 is 2.68 bits per heavy atom. The number of rotatable bonds is 1. The van der Waals surface area contributed by atoms with Crippen molar-refractivity contribution in [2.24, 2.45) is 0 Å². The van der Waals surface area contributed by atoms with Crippen molar-refractivity contribution in [3.8, 4) is 17.2 Å². The monoisotopic (exact) mass is 297 g/mol. The van der Waals surface area contributed by atoms with Gasteiger partial charge in [-0.15, -0.1) is 0 Å². The number of phenolic OH excluding ortho intramolecular Hbond substituents is 1. The van der Waals surface area contributed by atoms with E-state index in [-0.39, 0.29) is 17.0 Å². The maximum Gasteiger partial charge on any atom is 0.349 e. The van der Waals surface area contributed by atoms with E-state index in [1.807, 2.05) is 0 Å². The number of para-hydroxylation sites is 2. The van der Waals surface area contributed by atoms with Gasteiger partial charge in [0.1, 0.15) is 16.7 Å². The molecule has 1 N–H and O–H groups in total. The van der Waals surface area contributed by atoms with Gasteiger partial charge in [-0.2, -0.15) is 0 Å². The third-order valence-corrected chi connectivity index (χ3v) is 3.33. The molecule has 0 amide bonds. The first-order chi connectivity index (χ1) is 10.6. The molecule has 0 bridgehead atoms. The fraction of sp³-hybridized carbons (Fsp3) is 0. The second kappa shape index (κ2) is 4.42. The summed E-state index contributed by atoms with van der Waals surface area (Å²) in [5.74, 6) is -1.28. The minimum Gasteiger partial charge on any atom is -0.505 e. The highest BCUT2D eigenvalue weighted by Gasteiger charge is 2.15. The maximum absolute atomic E-state index is 13.4. The molecule has 0 aliphatic rings. The zero-order valence-corrected chi connectivity index (χ0v) is 11.0. The van der Waals surface area contributed by atoms with Crippen molar-refractivity contribution in [1.82, 2.24) is 4.98 Å². The third-order valence-electron chi connectivity index (χ3n) is 3.33. The Labute approximate surface area is 122 Å². The number of oxazole rings is 1. The maximum atomic E-state index is 13.4. The summed E-state index contributed by atoms with van der Waals surface area (Å²) in [5, 5.41) is 9.65. The van der Waals surface area contributed by atoms with E-state index in [0.717, 1.165) is 12.1 Å². The Balaban J connectivity index is 1.99. The van der Waals surface area contributed by atoms with Crippen molar-refractivity contribution >= 4 is 22.1 Å². The summed E-state index contributed by atoms with van der Waals surface area (Å²) in [6.45, 7) is 0. The molecule has 0 fully saturated rings. The Morgan fingerprint density at radius 1 is 1.05 bits per heavy atom. The molecule has 0 atom stereocenters. The second-order valence-corrected chi connectivity index (χ2v) is 4.78. The Hall–Kier alpha value is -3.15. The van der Waals surface area contributed by atoms with Gasteiger partial charge in [0, 0.05) is 11.5 Å². The van der Waals surface area contributed by atoms with Gasteiger partial charge in [0.2, 0.25) is 5.89 Å². The highest BCUT2D eigenvalue weighted by atomic mass is 19.1. The van der Waals surface area contributed by atoms with Crippen molar-refractivity contribution in [2.45, 2.75) is 0 Å². The van der Waals surface area contributed by atoms with Crippen LogP contribution in [0.2, 0.25) is 0 Å². The molecule has 2 aromatic carbocycles. The van der Waals surface area contributed by atoms with Crippen molar-refractivity contribution in [3.05, 3.63) is 58.7 Å². The largest absolute Gasteiger partial charge is 0.505 e. The van der Waals surface area contributed by atoms with E-state index < -0.39 is 17.2 Å². The number of aromatic hydroxyl groups is 1. The molecule has 0 aliphatic heterocycles. The molecule has 22 heavy (non-hydrogen) atoms. The number of halogens is 1. The van der Waals surface area contributed by atoms with Gasteiger partial charge in [-0.1, -0.05) is 12.1 Å². The van der Waals surface area contributed by atoms with Gasteiger partial charge in [0.15, 0.2) is 17.1 Å². The summed E-state index contributed by atoms with van der Waals surface area (Å²) in [6.07, 6.45) is 0. The Kier molecular flexibility index (Phi) is 2.53. The number of nitrogens with zero attached hydrogens (tertiary/aromatic N) is 1. The third kappa shape index (κ3) is 1.85. The average Bonchev–Trinajstić information content (AvgIpc) is 2.92. The number of hydrogen-bond donors (Lipinski definition) is 1. The normalized spacial score (nSPS) is 11.3. The second-order valence-electron chi connectivity index (χ2n) is 4.78. The predicted molar refractivity (Wildman–Crippen MR) is 77.1 cm³/mol.